The van der Waals surface area contributed by atoms with Gasteiger partial charge in [0.25, 0.3) is 5.56 Å². The second kappa shape index (κ2) is 7.84. The van der Waals surface area contributed by atoms with E-state index < -0.39 is 0 Å². The number of aryl methyl sites for hydroxylation is 2. The summed E-state index contributed by atoms with van der Waals surface area (Å²) in [6.07, 6.45) is 6.22. The monoisotopic (exact) mass is 376 g/mol. The van der Waals surface area contributed by atoms with Crippen LogP contribution in [0.3, 0.4) is 0 Å². The highest BCUT2D eigenvalue weighted by Gasteiger charge is 2.26. The third-order valence-corrected chi connectivity index (χ3v) is 5.41. The predicted octanol–water partition coefficient (Wildman–Crippen LogP) is 2.68. The van der Waals surface area contributed by atoms with Gasteiger partial charge >= 0.3 is 0 Å². The molecule has 28 heavy (non-hydrogen) atoms. The van der Waals surface area contributed by atoms with E-state index in [2.05, 4.69) is 15.4 Å². The third-order valence-electron chi connectivity index (χ3n) is 5.41. The zero-order valence-corrected chi connectivity index (χ0v) is 15.9. The second-order valence-corrected chi connectivity index (χ2v) is 7.40. The lowest BCUT2D eigenvalue weighted by Gasteiger charge is -2.14. The molecule has 2 heterocycles. The number of hydrogen-bond acceptors (Lipinski definition) is 3. The first kappa shape index (κ1) is 18.2. The Bertz CT molecular complexity index is 1020. The SMILES string of the molecule is Cc1ccc(-n2[nH]c3c(c2=O)CCC(C(=O)NCc2cccnc2)CC3)cc1. The predicted molar refractivity (Wildman–Crippen MR) is 107 cm³/mol. The number of fused-ring (bicyclic) bond motifs is 1. The molecule has 1 aliphatic carbocycles. The Morgan fingerprint density at radius 1 is 1.21 bits per heavy atom. The number of H-pyrrole nitrogens is 1. The summed E-state index contributed by atoms with van der Waals surface area (Å²) in [5.74, 6) is -0.0300. The molecule has 6 heteroatoms. The van der Waals surface area contributed by atoms with Gasteiger partial charge in [-0.1, -0.05) is 23.8 Å². The Labute approximate surface area is 163 Å². The molecule has 0 fully saturated rings. The molecule has 1 atom stereocenters. The summed E-state index contributed by atoms with van der Waals surface area (Å²) in [4.78, 5) is 29.5. The third kappa shape index (κ3) is 3.76. The molecule has 1 unspecified atom stereocenters. The summed E-state index contributed by atoms with van der Waals surface area (Å²) >= 11 is 0. The van der Waals surface area contributed by atoms with Crippen LogP contribution in [0.4, 0.5) is 0 Å². The number of hydrogen-bond donors (Lipinski definition) is 2. The van der Waals surface area contributed by atoms with Gasteiger partial charge in [-0.25, -0.2) is 4.68 Å². The van der Waals surface area contributed by atoms with E-state index in [0.29, 0.717) is 25.8 Å². The number of nitrogens with one attached hydrogen (secondary N) is 2. The fraction of sp³-hybridized carbons (Fsp3) is 0.318. The number of amides is 1. The van der Waals surface area contributed by atoms with Crippen LogP contribution in [-0.2, 0) is 24.2 Å². The lowest BCUT2D eigenvalue weighted by molar-refractivity contribution is -0.125. The smallest absolute Gasteiger partial charge is 0.274 e. The van der Waals surface area contributed by atoms with Crippen molar-refractivity contribution in [2.75, 3.05) is 0 Å². The molecule has 3 aromatic rings. The minimum absolute atomic E-state index is 0.00438. The maximum absolute atomic E-state index is 12.9. The average Bonchev–Trinajstić information content (AvgIpc) is 2.89. The first-order chi connectivity index (χ1) is 13.6. The molecule has 0 saturated heterocycles. The number of pyridine rings is 1. The van der Waals surface area contributed by atoms with Crippen molar-refractivity contribution in [3.8, 4) is 5.69 Å². The van der Waals surface area contributed by atoms with Gasteiger partial charge in [0.2, 0.25) is 5.91 Å². The van der Waals surface area contributed by atoms with E-state index in [1.165, 1.54) is 0 Å². The first-order valence-corrected chi connectivity index (χ1v) is 9.68. The van der Waals surface area contributed by atoms with Crippen LogP contribution in [0.15, 0.2) is 53.6 Å². The summed E-state index contributed by atoms with van der Waals surface area (Å²) in [6, 6.07) is 11.7. The summed E-state index contributed by atoms with van der Waals surface area (Å²) < 4.78 is 1.62. The zero-order chi connectivity index (χ0) is 19.5. The highest BCUT2D eigenvalue weighted by molar-refractivity contribution is 5.78. The van der Waals surface area contributed by atoms with Crippen LogP contribution >= 0.6 is 0 Å². The highest BCUT2D eigenvalue weighted by atomic mass is 16.2. The number of aromatic nitrogens is 3. The highest BCUT2D eigenvalue weighted by Crippen LogP contribution is 2.23. The minimum Gasteiger partial charge on any atom is -0.352 e. The largest absolute Gasteiger partial charge is 0.352 e. The van der Waals surface area contributed by atoms with Gasteiger partial charge in [-0.3, -0.25) is 19.7 Å². The van der Waals surface area contributed by atoms with Gasteiger partial charge in [0.15, 0.2) is 0 Å². The van der Waals surface area contributed by atoms with Crippen LogP contribution in [0.1, 0.15) is 35.2 Å². The van der Waals surface area contributed by atoms with Crippen LogP contribution in [0, 0.1) is 12.8 Å². The molecule has 0 bridgehead atoms. The standard InChI is InChI=1S/C22H24N4O2/c1-15-4-8-18(9-5-15)26-22(28)19-10-6-17(7-11-20(19)25-26)21(27)24-14-16-3-2-12-23-13-16/h2-5,8-9,12-13,17,25H,6-7,10-11,14H2,1H3,(H,24,27). The number of rotatable bonds is 4. The van der Waals surface area contributed by atoms with Crippen LogP contribution in [-0.4, -0.2) is 20.7 Å². The number of nitrogens with zero attached hydrogens (tertiary/aromatic N) is 2. The van der Waals surface area contributed by atoms with Crippen LogP contribution in [0.5, 0.6) is 0 Å². The fourth-order valence-electron chi connectivity index (χ4n) is 3.74. The topological polar surface area (TPSA) is 79.8 Å². The van der Waals surface area contributed by atoms with Gasteiger partial charge in [-0.2, -0.15) is 0 Å². The molecule has 2 aromatic heterocycles. The van der Waals surface area contributed by atoms with E-state index in [4.69, 9.17) is 0 Å². The molecule has 4 rings (SSSR count). The Kier molecular flexibility index (Phi) is 5.10. The summed E-state index contributed by atoms with van der Waals surface area (Å²) in [5.41, 5.74) is 4.74. The minimum atomic E-state index is -0.0790. The van der Waals surface area contributed by atoms with E-state index in [0.717, 1.165) is 34.5 Å². The first-order valence-electron chi connectivity index (χ1n) is 9.68. The molecular weight excluding hydrogens is 352 g/mol. The lowest BCUT2D eigenvalue weighted by atomic mass is 9.98. The normalized spacial score (nSPS) is 16.2. The average molecular weight is 376 g/mol. The van der Waals surface area contributed by atoms with Gasteiger partial charge in [0.05, 0.1) is 5.69 Å². The van der Waals surface area contributed by atoms with Gasteiger partial charge in [-0.05, 0) is 56.4 Å². The molecule has 0 radical (unpaired) electrons. The molecule has 2 N–H and O–H groups in total. The van der Waals surface area contributed by atoms with E-state index >= 15 is 0 Å². The van der Waals surface area contributed by atoms with Crippen molar-refractivity contribution < 1.29 is 4.79 Å². The number of carbonyl (C=O) groups excluding carboxylic acids is 1. The van der Waals surface area contributed by atoms with E-state index in [1.807, 2.05) is 43.3 Å². The van der Waals surface area contributed by atoms with Gasteiger partial charge in [-0.15, -0.1) is 0 Å². The summed E-state index contributed by atoms with van der Waals surface area (Å²) in [6.45, 7) is 2.50. The Hall–Kier alpha value is -3.15. The number of carbonyl (C=O) groups is 1. The second-order valence-electron chi connectivity index (χ2n) is 7.40. The molecular formula is C22H24N4O2. The quantitative estimate of drug-likeness (QED) is 0.687. The van der Waals surface area contributed by atoms with Gasteiger partial charge < -0.3 is 5.32 Å². The number of aromatic amines is 1. The van der Waals surface area contributed by atoms with Crippen molar-refractivity contribution in [1.82, 2.24) is 20.1 Å². The van der Waals surface area contributed by atoms with Crippen LogP contribution < -0.4 is 10.9 Å². The van der Waals surface area contributed by atoms with Crippen molar-refractivity contribution in [3.05, 3.63) is 81.5 Å². The molecule has 6 nitrogen and oxygen atoms in total. The molecule has 0 saturated carbocycles. The van der Waals surface area contributed by atoms with Crippen molar-refractivity contribution in [3.63, 3.8) is 0 Å². The molecule has 1 amide bonds. The Morgan fingerprint density at radius 3 is 2.75 bits per heavy atom. The maximum Gasteiger partial charge on any atom is 0.274 e. The lowest BCUT2D eigenvalue weighted by Crippen LogP contribution is -2.30. The van der Waals surface area contributed by atoms with E-state index in [-0.39, 0.29) is 17.4 Å². The summed E-state index contributed by atoms with van der Waals surface area (Å²) in [5, 5.41) is 6.26. The molecule has 1 aliphatic rings. The van der Waals surface area contributed by atoms with Crippen molar-refractivity contribution in [2.24, 2.45) is 5.92 Å². The fourth-order valence-corrected chi connectivity index (χ4v) is 3.74. The summed E-state index contributed by atoms with van der Waals surface area (Å²) in [7, 11) is 0. The molecule has 0 aliphatic heterocycles. The molecule has 1 aromatic carbocycles. The van der Waals surface area contributed by atoms with Gasteiger partial charge in [0, 0.05) is 36.1 Å². The van der Waals surface area contributed by atoms with Crippen molar-refractivity contribution >= 4 is 5.91 Å². The Morgan fingerprint density at radius 2 is 2.00 bits per heavy atom. The maximum atomic E-state index is 12.9. The van der Waals surface area contributed by atoms with Crippen LogP contribution in [0.25, 0.3) is 5.69 Å². The number of benzene rings is 1. The van der Waals surface area contributed by atoms with Crippen molar-refractivity contribution in [2.45, 2.75) is 39.2 Å². The van der Waals surface area contributed by atoms with Crippen molar-refractivity contribution in [1.29, 1.82) is 0 Å². The van der Waals surface area contributed by atoms with E-state index in [1.54, 1.807) is 17.1 Å². The Balaban J connectivity index is 1.44. The molecule has 144 valence electrons. The van der Waals surface area contributed by atoms with Gasteiger partial charge in [0.1, 0.15) is 0 Å². The van der Waals surface area contributed by atoms with Crippen LogP contribution in [0.2, 0.25) is 0 Å². The molecule has 0 spiro atoms. The zero-order valence-electron chi connectivity index (χ0n) is 15.9. The van der Waals surface area contributed by atoms with E-state index in [9.17, 15) is 9.59 Å².